The Kier molecular flexibility index (Phi) is 9.24. The van der Waals surface area contributed by atoms with Crippen molar-refractivity contribution in [2.24, 2.45) is 0 Å². The van der Waals surface area contributed by atoms with Crippen molar-refractivity contribution in [2.75, 3.05) is 0 Å². The van der Waals surface area contributed by atoms with E-state index in [0.717, 1.165) is 6.42 Å². The summed E-state index contributed by atoms with van der Waals surface area (Å²) in [6.45, 7) is 2.89. The lowest BCUT2D eigenvalue weighted by atomic mass is 10.1. The molecule has 0 aromatic heterocycles. The first kappa shape index (κ1) is 10.1. The van der Waals surface area contributed by atoms with Gasteiger partial charge in [-0.2, -0.15) is 0 Å². The second kappa shape index (κ2) is 11.0. The van der Waals surface area contributed by atoms with E-state index in [1.54, 1.807) is 0 Å². The first-order valence-electron chi connectivity index (χ1n) is 6.41. The summed E-state index contributed by atoms with van der Waals surface area (Å²) in [5.41, 5.74) is 0. The smallest absolute Gasteiger partial charge is 0.0230 e. The molecule has 0 bridgehead atoms. The fraction of sp³-hybridized carbons (Fsp3) is 1.00. The van der Waals surface area contributed by atoms with Crippen molar-refractivity contribution >= 4 is 0 Å². The van der Waals surface area contributed by atoms with Crippen molar-refractivity contribution in [3.05, 3.63) is 0 Å². The maximum atomic E-state index is 7.00. The number of rotatable bonds is 9. The molecule has 0 saturated carbocycles. The highest BCUT2D eigenvalue weighted by atomic mass is 14.0. The molecule has 0 N–H and O–H groups in total. The van der Waals surface area contributed by atoms with Gasteiger partial charge < -0.3 is 0 Å². The molecule has 12 heavy (non-hydrogen) atoms. The Morgan fingerprint density at radius 2 is 1.08 bits per heavy atom. The standard InChI is InChI=1S/C12H26/c1-3-5-7-9-11-12-10-8-6-4-2/h3-12H2,1-2H3/i1D. The zero-order chi connectivity index (χ0) is 9.78. The molecule has 0 rings (SSSR count). The van der Waals surface area contributed by atoms with Gasteiger partial charge in [0.05, 0.1) is 0 Å². The average Bonchev–Trinajstić information content (AvgIpc) is 2.16. The molecule has 0 spiro atoms. The molecule has 0 unspecified atom stereocenters. The lowest BCUT2D eigenvalue weighted by Gasteiger charge is -1.99. The van der Waals surface area contributed by atoms with E-state index in [2.05, 4.69) is 6.92 Å². The Morgan fingerprint density at radius 1 is 0.667 bits per heavy atom. The van der Waals surface area contributed by atoms with Gasteiger partial charge in [-0.05, 0) is 0 Å². The van der Waals surface area contributed by atoms with Crippen molar-refractivity contribution in [3.8, 4) is 0 Å². The van der Waals surface area contributed by atoms with Gasteiger partial charge in [0.2, 0.25) is 0 Å². The van der Waals surface area contributed by atoms with Gasteiger partial charge in [0.15, 0.2) is 0 Å². The van der Waals surface area contributed by atoms with Crippen LogP contribution in [0.4, 0.5) is 0 Å². The molecular weight excluding hydrogens is 144 g/mol. The summed E-state index contributed by atoms with van der Waals surface area (Å²) in [6, 6.07) is 0. The zero-order valence-corrected chi connectivity index (χ0v) is 8.78. The van der Waals surface area contributed by atoms with Gasteiger partial charge in [0.25, 0.3) is 0 Å². The van der Waals surface area contributed by atoms with Crippen LogP contribution in [0.1, 0.15) is 79.4 Å². The van der Waals surface area contributed by atoms with Gasteiger partial charge >= 0.3 is 0 Å². The predicted molar refractivity (Wildman–Crippen MR) is 57.5 cm³/mol. The monoisotopic (exact) mass is 171 g/mol. The Balaban J connectivity index is 2.76. The third kappa shape index (κ3) is 10.0. The van der Waals surface area contributed by atoms with Crippen LogP contribution in [0, 0.1) is 0 Å². The van der Waals surface area contributed by atoms with E-state index >= 15 is 0 Å². The minimum Gasteiger partial charge on any atom is -0.0654 e. The van der Waals surface area contributed by atoms with Crippen LogP contribution in [-0.2, 0) is 0 Å². The highest BCUT2D eigenvalue weighted by Gasteiger charge is 1.90. The van der Waals surface area contributed by atoms with E-state index < -0.39 is 0 Å². The molecule has 0 atom stereocenters. The first-order valence-corrected chi connectivity index (χ1v) is 5.71. The molecule has 0 heteroatoms. The fourth-order valence-electron chi connectivity index (χ4n) is 1.49. The molecule has 0 aliphatic rings. The predicted octanol–water partition coefficient (Wildman–Crippen LogP) is 4.93. The Bertz CT molecular complexity index is 71.2. The third-order valence-electron chi connectivity index (χ3n) is 2.35. The number of unbranched alkanes of at least 4 members (excludes halogenated alkanes) is 9. The van der Waals surface area contributed by atoms with Crippen molar-refractivity contribution in [3.63, 3.8) is 0 Å². The average molecular weight is 171 g/mol. The molecule has 0 aromatic rings. The second-order valence-corrected chi connectivity index (χ2v) is 3.68. The third-order valence-corrected chi connectivity index (χ3v) is 2.35. The molecular formula is C12H26. The van der Waals surface area contributed by atoms with E-state index in [9.17, 15) is 0 Å². The van der Waals surface area contributed by atoms with Crippen LogP contribution < -0.4 is 0 Å². The number of hydrogen-bond donors (Lipinski definition) is 0. The highest BCUT2D eigenvalue weighted by molar-refractivity contribution is 4.45. The zero-order valence-electron chi connectivity index (χ0n) is 9.78. The van der Waals surface area contributed by atoms with Gasteiger partial charge in [-0.15, -0.1) is 0 Å². The summed E-state index contributed by atoms with van der Waals surface area (Å²) in [7, 11) is 0. The van der Waals surface area contributed by atoms with Crippen molar-refractivity contribution in [2.45, 2.75) is 78.0 Å². The summed E-state index contributed by atoms with van der Waals surface area (Å²) in [4.78, 5) is 0. The van der Waals surface area contributed by atoms with Crippen LogP contribution in [0.2, 0.25) is 0 Å². The van der Waals surface area contributed by atoms with Gasteiger partial charge in [-0.1, -0.05) is 78.0 Å². The molecule has 0 radical (unpaired) electrons. The van der Waals surface area contributed by atoms with Crippen molar-refractivity contribution in [1.29, 1.82) is 0 Å². The number of hydrogen-bond acceptors (Lipinski definition) is 0. The molecule has 0 heterocycles. The maximum absolute atomic E-state index is 7.00. The van der Waals surface area contributed by atoms with E-state index in [1.807, 2.05) is 0 Å². The van der Waals surface area contributed by atoms with Crippen molar-refractivity contribution < 1.29 is 1.37 Å². The van der Waals surface area contributed by atoms with E-state index in [0.29, 0.717) is 6.90 Å². The normalized spacial score (nSPS) is 11.6. The van der Waals surface area contributed by atoms with Crippen LogP contribution >= 0.6 is 0 Å². The minimum atomic E-state index is 0.622. The first-order chi connectivity index (χ1) is 6.41. The summed E-state index contributed by atoms with van der Waals surface area (Å²) >= 11 is 0. The van der Waals surface area contributed by atoms with Crippen LogP contribution in [0.15, 0.2) is 0 Å². The molecule has 0 amide bonds. The molecule has 74 valence electrons. The van der Waals surface area contributed by atoms with Crippen LogP contribution in [0.3, 0.4) is 0 Å². The highest BCUT2D eigenvalue weighted by Crippen LogP contribution is 2.09. The summed E-state index contributed by atoms with van der Waals surface area (Å²) in [5.74, 6) is 0. The lowest BCUT2D eigenvalue weighted by molar-refractivity contribution is 0.562. The van der Waals surface area contributed by atoms with Gasteiger partial charge in [-0.25, -0.2) is 0 Å². The molecule has 0 aliphatic heterocycles. The Morgan fingerprint density at radius 3 is 1.50 bits per heavy atom. The summed E-state index contributed by atoms with van der Waals surface area (Å²) in [5, 5.41) is 0. The Labute approximate surface area is 80.2 Å². The van der Waals surface area contributed by atoms with Crippen LogP contribution in [0.25, 0.3) is 0 Å². The van der Waals surface area contributed by atoms with Crippen LogP contribution in [0.5, 0.6) is 0 Å². The molecule has 0 saturated heterocycles. The quantitative estimate of drug-likeness (QED) is 0.432. The van der Waals surface area contributed by atoms with Crippen LogP contribution in [-0.4, -0.2) is 0 Å². The summed E-state index contributed by atoms with van der Waals surface area (Å²) in [6.07, 6.45) is 13.6. The lowest BCUT2D eigenvalue weighted by Crippen LogP contribution is -1.80. The SMILES string of the molecule is [2H]CCCCCCCCCCCC. The van der Waals surface area contributed by atoms with E-state index in [4.69, 9.17) is 1.37 Å². The second-order valence-electron chi connectivity index (χ2n) is 3.68. The topological polar surface area (TPSA) is 0 Å². The van der Waals surface area contributed by atoms with Gasteiger partial charge in [0.1, 0.15) is 0 Å². The fourth-order valence-corrected chi connectivity index (χ4v) is 1.49. The van der Waals surface area contributed by atoms with Gasteiger partial charge in [0, 0.05) is 1.37 Å². The maximum Gasteiger partial charge on any atom is 0.0230 e. The Hall–Kier alpha value is 0. The summed E-state index contributed by atoms with van der Waals surface area (Å²) < 4.78 is 7.00. The molecule has 0 nitrogen and oxygen atoms in total. The molecule has 0 fully saturated rings. The van der Waals surface area contributed by atoms with E-state index in [1.165, 1.54) is 57.8 Å². The largest absolute Gasteiger partial charge is 0.0654 e. The molecule has 0 aromatic carbocycles. The minimum absolute atomic E-state index is 0.622. The molecule has 0 aliphatic carbocycles. The van der Waals surface area contributed by atoms with E-state index in [-0.39, 0.29) is 0 Å². The van der Waals surface area contributed by atoms with Gasteiger partial charge in [-0.3, -0.25) is 0 Å². The van der Waals surface area contributed by atoms with Crippen molar-refractivity contribution in [1.82, 2.24) is 0 Å².